The van der Waals surface area contributed by atoms with Crippen molar-refractivity contribution in [3.05, 3.63) is 42.1 Å². The van der Waals surface area contributed by atoms with Crippen molar-refractivity contribution in [2.24, 2.45) is 11.8 Å². The molecule has 4 rings (SSSR count). The van der Waals surface area contributed by atoms with E-state index in [9.17, 15) is 30.0 Å². The van der Waals surface area contributed by atoms with E-state index in [1.165, 1.54) is 25.1 Å². The number of nitrogens with one attached hydrogen (secondary N) is 1. The van der Waals surface area contributed by atoms with Gasteiger partial charge in [-0.1, -0.05) is 19.1 Å². The fourth-order valence-electron chi connectivity index (χ4n) is 5.76. The predicted molar refractivity (Wildman–Crippen MR) is 147 cm³/mol. The summed E-state index contributed by atoms with van der Waals surface area (Å²) in [5.41, 5.74) is 0.766. The van der Waals surface area contributed by atoms with Gasteiger partial charge in [0.2, 0.25) is 0 Å². The topological polar surface area (TPSA) is 169 Å². The monoisotopic (exact) mass is 576 g/mol. The van der Waals surface area contributed by atoms with Crippen molar-refractivity contribution in [2.75, 3.05) is 20.8 Å². The highest BCUT2D eigenvalue weighted by atomic mass is 16.7. The summed E-state index contributed by atoms with van der Waals surface area (Å²) in [5, 5.41) is 43.5. The van der Waals surface area contributed by atoms with Crippen molar-refractivity contribution in [1.29, 1.82) is 0 Å². The molecule has 8 unspecified atom stereocenters. The van der Waals surface area contributed by atoms with Crippen LogP contribution in [0.1, 0.15) is 49.4 Å². The van der Waals surface area contributed by atoms with Crippen molar-refractivity contribution in [3.8, 4) is 5.75 Å². The number of carbonyl (C=O) groups excluding carboxylic acids is 2. The summed E-state index contributed by atoms with van der Waals surface area (Å²) in [6.45, 7) is 1.44. The van der Waals surface area contributed by atoms with E-state index in [1.807, 2.05) is 0 Å². The summed E-state index contributed by atoms with van der Waals surface area (Å²) in [5.74, 6) is -0.225. The second kappa shape index (κ2) is 13.7. The third-order valence-corrected chi connectivity index (χ3v) is 8.04. The second-order valence-corrected chi connectivity index (χ2v) is 10.5. The summed E-state index contributed by atoms with van der Waals surface area (Å²) in [6, 6.07) is 3.80. The quantitative estimate of drug-likeness (QED) is 0.192. The molecule has 2 aliphatic rings. The predicted octanol–water partition coefficient (Wildman–Crippen LogP) is 0.922. The number of amides is 1. The highest BCUT2D eigenvalue weighted by molar-refractivity contribution is 6.07. The van der Waals surface area contributed by atoms with E-state index in [1.54, 1.807) is 18.2 Å². The molecule has 41 heavy (non-hydrogen) atoms. The molecule has 1 aromatic carbocycles. The molecule has 2 aromatic rings. The molecule has 226 valence electrons. The molecule has 0 radical (unpaired) electrons. The first-order chi connectivity index (χ1) is 19.7. The molecule has 12 nitrogen and oxygen atoms in total. The Morgan fingerprint density at radius 3 is 2.61 bits per heavy atom. The van der Waals surface area contributed by atoms with Crippen LogP contribution in [0.2, 0.25) is 0 Å². The van der Waals surface area contributed by atoms with Gasteiger partial charge in [0.15, 0.2) is 6.29 Å². The Balaban J connectivity index is 1.62. The summed E-state index contributed by atoms with van der Waals surface area (Å²) < 4.78 is 17.0. The zero-order valence-corrected chi connectivity index (χ0v) is 23.5. The Hall–Kier alpha value is -3.16. The number of hydrogen-bond donors (Lipinski definition) is 5. The van der Waals surface area contributed by atoms with Crippen LogP contribution < -0.4 is 14.9 Å². The van der Waals surface area contributed by atoms with Gasteiger partial charge < -0.3 is 44.8 Å². The van der Waals surface area contributed by atoms with Gasteiger partial charge in [-0.15, -0.1) is 0 Å². The minimum Gasteiger partial charge on any atom is -0.497 e. The van der Waals surface area contributed by atoms with Crippen molar-refractivity contribution in [2.45, 2.75) is 75.8 Å². The van der Waals surface area contributed by atoms with Crippen molar-refractivity contribution in [3.63, 3.8) is 0 Å². The maximum Gasteiger partial charge on any atom is 0.305 e. The molecule has 1 aliphatic carbocycles. The molecule has 0 bridgehead atoms. The van der Waals surface area contributed by atoms with Crippen LogP contribution in [-0.2, 0) is 14.3 Å². The third-order valence-electron chi connectivity index (χ3n) is 8.04. The molecule has 1 aromatic heterocycles. The van der Waals surface area contributed by atoms with E-state index < -0.39 is 43.2 Å². The number of benzene rings is 1. The summed E-state index contributed by atoms with van der Waals surface area (Å²) in [7, 11) is 2.91. The van der Waals surface area contributed by atoms with E-state index in [-0.39, 0.29) is 29.5 Å². The van der Waals surface area contributed by atoms with Gasteiger partial charge in [0.1, 0.15) is 36.2 Å². The maximum absolute atomic E-state index is 13.4. The number of fused-ring (bicyclic) bond motifs is 1. The Labute approximate surface area is 238 Å². The number of aliphatic hydroxyl groups is 4. The van der Waals surface area contributed by atoms with Crippen molar-refractivity contribution in [1.82, 2.24) is 10.0 Å². The molecule has 12 heteroatoms. The lowest BCUT2D eigenvalue weighted by molar-refractivity contribution is -0.252. The van der Waals surface area contributed by atoms with E-state index >= 15 is 0 Å². The van der Waals surface area contributed by atoms with Gasteiger partial charge >= 0.3 is 5.97 Å². The molecule has 8 atom stereocenters. The van der Waals surface area contributed by atoms with Crippen molar-refractivity contribution < 1.29 is 49.1 Å². The molecule has 1 amide bonds. The van der Waals surface area contributed by atoms with Gasteiger partial charge in [-0.3, -0.25) is 9.59 Å². The number of aliphatic hydroxyl groups excluding tert-OH is 4. The molecule has 1 saturated heterocycles. The van der Waals surface area contributed by atoms with Gasteiger partial charge in [-0.05, 0) is 43.7 Å². The van der Waals surface area contributed by atoms with Gasteiger partial charge in [0.05, 0.1) is 38.1 Å². The molecule has 2 fully saturated rings. The number of methoxy groups -OCH3 is 2. The normalized spacial score (nSPS) is 30.0. The number of carbonyl (C=O) groups is 2. The van der Waals surface area contributed by atoms with Gasteiger partial charge in [-0.2, -0.15) is 4.73 Å². The maximum atomic E-state index is 13.4. The Morgan fingerprint density at radius 1 is 1.15 bits per heavy atom. The minimum atomic E-state index is -1.65. The van der Waals surface area contributed by atoms with Crippen LogP contribution in [0.25, 0.3) is 10.9 Å². The van der Waals surface area contributed by atoms with E-state index in [2.05, 4.69) is 24.4 Å². The smallest absolute Gasteiger partial charge is 0.305 e. The molecule has 5 N–H and O–H groups in total. The van der Waals surface area contributed by atoms with Crippen LogP contribution >= 0.6 is 0 Å². The Bertz CT molecular complexity index is 1230. The molecule has 0 spiro atoms. The van der Waals surface area contributed by atoms with Crippen LogP contribution in [0.5, 0.6) is 5.75 Å². The zero-order chi connectivity index (χ0) is 29.7. The lowest BCUT2D eigenvalue weighted by Crippen LogP contribution is -2.64. The van der Waals surface area contributed by atoms with Crippen LogP contribution in [0.3, 0.4) is 0 Å². The Morgan fingerprint density at radius 2 is 1.93 bits per heavy atom. The van der Waals surface area contributed by atoms with Gasteiger partial charge in [0, 0.05) is 23.8 Å². The molecular weight excluding hydrogens is 536 g/mol. The summed E-state index contributed by atoms with van der Waals surface area (Å²) in [4.78, 5) is 32.0. The average molecular weight is 577 g/mol. The molecule has 2 heterocycles. The van der Waals surface area contributed by atoms with E-state index in [0.29, 0.717) is 29.5 Å². The Kier molecular flexibility index (Phi) is 10.3. The fraction of sp³-hybridized carbons (Fsp3) is 0.586. The van der Waals surface area contributed by atoms with Gasteiger partial charge in [0.25, 0.3) is 5.91 Å². The highest BCUT2D eigenvalue weighted by Gasteiger charge is 2.45. The number of nitrogens with zero attached hydrogens (tertiary/aromatic N) is 1. The standard InChI is InChI=1S/C29H40N2O10/c1-4-5-6-7-18-16(12-24(33)39-3)8-11-22(18)41-31-14-20(19-10-9-17(38-2)13-21(19)31)28(36)30-25-27(35)26(34)23(15-32)40-29(25)37/h5-6,9-10,13-14,16,18,22-23,25-27,29,32,34-35,37H,4,7-8,11-12,15H2,1-3H3,(H,30,36)/b6-5-. The largest absolute Gasteiger partial charge is 0.497 e. The zero-order valence-electron chi connectivity index (χ0n) is 23.5. The number of ether oxygens (including phenoxy) is 3. The first kappa shape index (κ1) is 30.8. The average Bonchev–Trinajstić information content (AvgIpc) is 3.53. The number of aromatic nitrogens is 1. The molecule has 1 aliphatic heterocycles. The highest BCUT2D eigenvalue weighted by Crippen LogP contribution is 2.39. The molecule has 1 saturated carbocycles. The lowest BCUT2D eigenvalue weighted by atomic mass is 9.89. The molecular formula is C29H40N2O10. The van der Waals surface area contributed by atoms with Gasteiger partial charge in [-0.25, -0.2) is 0 Å². The summed E-state index contributed by atoms with van der Waals surface area (Å²) in [6.07, 6.45) is 2.95. The second-order valence-electron chi connectivity index (χ2n) is 10.5. The van der Waals surface area contributed by atoms with Crippen LogP contribution in [0.15, 0.2) is 36.5 Å². The first-order valence-corrected chi connectivity index (χ1v) is 13.9. The number of rotatable bonds is 11. The summed E-state index contributed by atoms with van der Waals surface area (Å²) >= 11 is 0. The number of esters is 1. The van der Waals surface area contributed by atoms with Crippen LogP contribution in [0, 0.1) is 11.8 Å². The minimum absolute atomic E-state index is 0.0443. The lowest BCUT2D eigenvalue weighted by Gasteiger charge is -2.40. The third kappa shape index (κ3) is 6.68. The van der Waals surface area contributed by atoms with E-state index in [4.69, 9.17) is 19.0 Å². The number of hydrogen-bond acceptors (Lipinski definition) is 10. The first-order valence-electron chi connectivity index (χ1n) is 13.9. The SMILES string of the molecule is CC/C=C\CC1C(CC(=O)OC)CCC1On1cc(C(=O)NC2C(O)OC(CO)C(O)C2O)c2ccc(OC)cc21. The van der Waals surface area contributed by atoms with Crippen molar-refractivity contribution >= 4 is 22.8 Å². The number of allylic oxidation sites excluding steroid dienone is 2. The van der Waals surface area contributed by atoms with Crippen LogP contribution in [-0.4, -0.2) is 94.6 Å². The van der Waals surface area contributed by atoms with E-state index in [0.717, 1.165) is 19.3 Å². The fourth-order valence-corrected chi connectivity index (χ4v) is 5.76. The van der Waals surface area contributed by atoms with Crippen LogP contribution in [0.4, 0.5) is 0 Å².